The molecule has 32 heavy (non-hydrogen) atoms. The van der Waals surface area contributed by atoms with E-state index >= 15 is 0 Å². The van der Waals surface area contributed by atoms with Crippen molar-refractivity contribution in [2.45, 2.75) is 47.2 Å². The molecule has 1 N–H and O–H groups in total. The van der Waals surface area contributed by atoms with Gasteiger partial charge in [0.15, 0.2) is 0 Å². The molecule has 0 radical (unpaired) electrons. The highest BCUT2D eigenvalue weighted by atomic mass is 16.1. The van der Waals surface area contributed by atoms with Gasteiger partial charge < -0.3 is 4.57 Å². The normalized spacial score (nSPS) is 11.2. The molecule has 6 nitrogen and oxygen atoms in total. The summed E-state index contributed by atoms with van der Waals surface area (Å²) in [6, 6.07) is 14.0. The monoisotopic (exact) mass is 427 g/mol. The lowest BCUT2D eigenvalue weighted by Gasteiger charge is -2.18. The maximum absolute atomic E-state index is 13.1. The van der Waals surface area contributed by atoms with Crippen molar-refractivity contribution in [3.8, 4) is 11.3 Å². The van der Waals surface area contributed by atoms with Crippen molar-refractivity contribution < 1.29 is 4.79 Å². The number of amides is 1. The molecule has 2 heterocycles. The molecule has 4 aromatic rings. The first kappa shape index (κ1) is 21.6. The van der Waals surface area contributed by atoms with Crippen molar-refractivity contribution in [3.63, 3.8) is 0 Å². The molecule has 2 aromatic carbocycles. The molecule has 0 aliphatic heterocycles. The fraction of sp³-hybridized carbons (Fsp3) is 0.269. The molecular weight excluding hydrogens is 398 g/mol. The molecule has 0 saturated heterocycles. The zero-order valence-corrected chi connectivity index (χ0v) is 19.3. The molecule has 0 aliphatic carbocycles. The number of aryl methyl sites for hydroxylation is 3. The second kappa shape index (κ2) is 8.83. The van der Waals surface area contributed by atoms with E-state index in [9.17, 15) is 4.79 Å². The second-order valence-electron chi connectivity index (χ2n) is 8.54. The number of imidazole rings is 1. The summed E-state index contributed by atoms with van der Waals surface area (Å²) < 4.78 is 3.92. The third kappa shape index (κ3) is 4.35. The van der Waals surface area contributed by atoms with Crippen LogP contribution in [0.1, 0.15) is 52.5 Å². The van der Waals surface area contributed by atoms with Crippen LogP contribution in [0.2, 0.25) is 0 Å². The van der Waals surface area contributed by atoms with E-state index in [0.29, 0.717) is 18.1 Å². The predicted molar refractivity (Wildman–Crippen MR) is 128 cm³/mol. The standard InChI is InChI=1S/C26H29N5O/c1-17(2)31-24(23-13-19(4)18(3)12-20(23)5)15-27-26(31)29-25(32)22-9-6-8-21(14-22)16-30-11-7-10-28-30/h6-15,17H,16H2,1-5H3,(H,27,29,32). The van der Waals surface area contributed by atoms with Gasteiger partial charge in [0, 0.05) is 29.6 Å². The Morgan fingerprint density at radius 3 is 2.53 bits per heavy atom. The van der Waals surface area contributed by atoms with E-state index in [4.69, 9.17) is 0 Å². The molecule has 0 bridgehead atoms. The van der Waals surface area contributed by atoms with E-state index in [1.807, 2.05) is 47.4 Å². The molecular formula is C26H29N5O. The van der Waals surface area contributed by atoms with Gasteiger partial charge in [-0.25, -0.2) is 4.98 Å². The second-order valence-corrected chi connectivity index (χ2v) is 8.54. The zero-order valence-electron chi connectivity index (χ0n) is 19.3. The third-order valence-electron chi connectivity index (χ3n) is 5.75. The van der Waals surface area contributed by atoms with Gasteiger partial charge in [-0.15, -0.1) is 0 Å². The highest BCUT2D eigenvalue weighted by Gasteiger charge is 2.19. The van der Waals surface area contributed by atoms with Crippen LogP contribution < -0.4 is 5.32 Å². The van der Waals surface area contributed by atoms with Crippen LogP contribution >= 0.6 is 0 Å². The third-order valence-corrected chi connectivity index (χ3v) is 5.75. The van der Waals surface area contributed by atoms with E-state index in [2.05, 4.69) is 66.7 Å². The van der Waals surface area contributed by atoms with E-state index in [-0.39, 0.29) is 11.9 Å². The van der Waals surface area contributed by atoms with Gasteiger partial charge in [0.25, 0.3) is 5.91 Å². The number of hydrogen-bond acceptors (Lipinski definition) is 3. The number of rotatable bonds is 6. The van der Waals surface area contributed by atoms with Gasteiger partial charge in [-0.05, 0) is 81.1 Å². The molecule has 1 amide bonds. The quantitative estimate of drug-likeness (QED) is 0.438. The highest BCUT2D eigenvalue weighted by molar-refractivity contribution is 6.03. The van der Waals surface area contributed by atoms with Crippen LogP contribution in [0.5, 0.6) is 0 Å². The Morgan fingerprint density at radius 2 is 1.81 bits per heavy atom. The van der Waals surface area contributed by atoms with Crippen LogP contribution in [0.3, 0.4) is 0 Å². The van der Waals surface area contributed by atoms with Crippen LogP contribution in [0.25, 0.3) is 11.3 Å². The van der Waals surface area contributed by atoms with E-state index in [1.54, 1.807) is 6.20 Å². The Balaban J connectivity index is 1.63. The van der Waals surface area contributed by atoms with Gasteiger partial charge in [0.1, 0.15) is 0 Å². The summed E-state index contributed by atoms with van der Waals surface area (Å²) in [5, 5.41) is 7.26. The number of anilines is 1. The first-order chi connectivity index (χ1) is 15.3. The Morgan fingerprint density at radius 1 is 1.03 bits per heavy atom. The maximum atomic E-state index is 13.1. The average molecular weight is 428 g/mol. The highest BCUT2D eigenvalue weighted by Crippen LogP contribution is 2.31. The number of aromatic nitrogens is 4. The summed E-state index contributed by atoms with van der Waals surface area (Å²) in [5.41, 5.74) is 7.45. The molecule has 164 valence electrons. The van der Waals surface area contributed by atoms with E-state index < -0.39 is 0 Å². The Bertz CT molecular complexity index is 1250. The Labute approximate surface area is 188 Å². The fourth-order valence-electron chi connectivity index (χ4n) is 3.98. The lowest BCUT2D eigenvalue weighted by molar-refractivity contribution is 0.102. The van der Waals surface area contributed by atoms with Crippen LogP contribution in [0, 0.1) is 20.8 Å². The van der Waals surface area contributed by atoms with Crippen LogP contribution in [0.15, 0.2) is 61.1 Å². The predicted octanol–water partition coefficient (Wildman–Crippen LogP) is 5.55. The van der Waals surface area contributed by atoms with Gasteiger partial charge in [-0.1, -0.05) is 18.2 Å². The fourth-order valence-corrected chi connectivity index (χ4v) is 3.98. The van der Waals surface area contributed by atoms with Gasteiger partial charge in [0.05, 0.1) is 18.4 Å². The van der Waals surface area contributed by atoms with Gasteiger partial charge in [0.2, 0.25) is 5.95 Å². The summed E-state index contributed by atoms with van der Waals surface area (Å²) >= 11 is 0. The number of carbonyl (C=O) groups excluding carboxylic acids is 1. The smallest absolute Gasteiger partial charge is 0.257 e. The van der Waals surface area contributed by atoms with Gasteiger partial charge >= 0.3 is 0 Å². The van der Waals surface area contributed by atoms with Gasteiger partial charge in [-0.2, -0.15) is 5.10 Å². The molecule has 0 spiro atoms. The topological polar surface area (TPSA) is 64.7 Å². The molecule has 0 aliphatic rings. The molecule has 0 atom stereocenters. The lowest BCUT2D eigenvalue weighted by atomic mass is 9.99. The molecule has 4 rings (SSSR count). The Hall–Kier alpha value is -3.67. The first-order valence-corrected chi connectivity index (χ1v) is 10.9. The largest absolute Gasteiger partial charge is 0.307 e. The molecule has 0 saturated carbocycles. The van der Waals surface area contributed by atoms with E-state index in [0.717, 1.165) is 16.8 Å². The summed E-state index contributed by atoms with van der Waals surface area (Å²) in [4.78, 5) is 17.6. The van der Waals surface area contributed by atoms with Crippen LogP contribution in [0.4, 0.5) is 5.95 Å². The first-order valence-electron chi connectivity index (χ1n) is 10.9. The maximum Gasteiger partial charge on any atom is 0.257 e. The number of hydrogen-bond donors (Lipinski definition) is 1. The summed E-state index contributed by atoms with van der Waals surface area (Å²) in [6.07, 6.45) is 5.50. The van der Waals surface area contributed by atoms with Crippen molar-refractivity contribution in [2.24, 2.45) is 0 Å². The summed E-state index contributed by atoms with van der Waals surface area (Å²) in [5.74, 6) is 0.373. The number of nitrogens with one attached hydrogen (secondary N) is 1. The van der Waals surface area contributed by atoms with Crippen LogP contribution in [-0.2, 0) is 6.54 Å². The lowest BCUT2D eigenvalue weighted by Crippen LogP contribution is -2.17. The molecule has 0 unspecified atom stereocenters. The van der Waals surface area contributed by atoms with Crippen molar-refractivity contribution in [3.05, 3.63) is 88.9 Å². The molecule has 2 aromatic heterocycles. The van der Waals surface area contributed by atoms with Crippen LogP contribution in [-0.4, -0.2) is 25.2 Å². The van der Waals surface area contributed by atoms with Crippen molar-refractivity contribution in [1.29, 1.82) is 0 Å². The van der Waals surface area contributed by atoms with Crippen molar-refractivity contribution in [2.75, 3.05) is 5.32 Å². The number of nitrogens with zero attached hydrogens (tertiary/aromatic N) is 4. The SMILES string of the molecule is Cc1cc(C)c(-c2cnc(NC(=O)c3cccc(Cn4cccn4)c3)n2C(C)C)cc1C. The minimum absolute atomic E-state index is 0.134. The summed E-state index contributed by atoms with van der Waals surface area (Å²) in [6.45, 7) is 11.2. The minimum atomic E-state index is -0.178. The average Bonchev–Trinajstić information content (AvgIpc) is 3.41. The molecule has 6 heteroatoms. The zero-order chi connectivity index (χ0) is 22.8. The van der Waals surface area contributed by atoms with E-state index in [1.165, 1.54) is 16.7 Å². The minimum Gasteiger partial charge on any atom is -0.307 e. The number of benzene rings is 2. The Kier molecular flexibility index (Phi) is 5.95. The van der Waals surface area contributed by atoms with Gasteiger partial charge in [-0.3, -0.25) is 14.8 Å². The van der Waals surface area contributed by atoms with Crippen molar-refractivity contribution >= 4 is 11.9 Å². The van der Waals surface area contributed by atoms with Crippen molar-refractivity contribution in [1.82, 2.24) is 19.3 Å². The molecule has 0 fully saturated rings. The number of carbonyl (C=O) groups is 1. The summed E-state index contributed by atoms with van der Waals surface area (Å²) in [7, 11) is 0.